The predicted octanol–water partition coefficient (Wildman–Crippen LogP) is 1.67. The van der Waals surface area contributed by atoms with Crippen molar-refractivity contribution in [2.45, 2.75) is 13.8 Å². The minimum absolute atomic E-state index is 1.33. The van der Waals surface area contributed by atoms with E-state index in [-0.39, 0.29) is 0 Å². The molecule has 0 unspecified atom stereocenters. The van der Waals surface area contributed by atoms with E-state index in [9.17, 15) is 0 Å². The van der Waals surface area contributed by atoms with Gasteiger partial charge in [0.1, 0.15) is 0 Å². The van der Waals surface area contributed by atoms with Crippen molar-refractivity contribution in [3.8, 4) is 0 Å². The summed E-state index contributed by atoms with van der Waals surface area (Å²) >= 11 is 3.03. The summed E-state index contributed by atoms with van der Waals surface area (Å²) in [5.74, 6) is 0. The van der Waals surface area contributed by atoms with E-state index in [1.54, 1.807) is 0 Å². The first-order valence-corrected chi connectivity index (χ1v) is 4.17. The maximum absolute atomic E-state index is 4.50. The molecule has 0 bridgehead atoms. The molecule has 1 rings (SSSR count). The van der Waals surface area contributed by atoms with Crippen LogP contribution in [-0.2, 0) is 0 Å². The maximum Gasteiger partial charge on any atom is -0.0195 e. The third-order valence-electron chi connectivity index (χ3n) is 1.22. The second kappa shape index (κ2) is 10.5. The van der Waals surface area contributed by atoms with Crippen LogP contribution in [0.15, 0.2) is 24.3 Å². The smallest absolute Gasteiger partial charge is 0.0195 e. The quantitative estimate of drug-likeness (QED) is 0.540. The first-order chi connectivity index (χ1) is 5.79. The molecular weight excluding hydrogens is 168 g/mol. The van der Waals surface area contributed by atoms with Crippen molar-refractivity contribution in [2.75, 3.05) is 7.05 Å². The maximum atomic E-state index is 4.50. The molecule has 2 nitrogen and oxygen atoms in total. The molecule has 4 N–H and O–H groups in total. The summed E-state index contributed by atoms with van der Waals surface area (Å²) in [5.41, 5.74) is 7.16. The zero-order valence-electron chi connectivity index (χ0n) is 7.91. The van der Waals surface area contributed by atoms with Gasteiger partial charge in [-0.1, -0.05) is 35.4 Å². The fourth-order valence-electron chi connectivity index (χ4n) is 0.637. The summed E-state index contributed by atoms with van der Waals surface area (Å²) in [7, 11) is 1.50. The molecule has 0 aliphatic carbocycles. The van der Waals surface area contributed by atoms with Crippen LogP contribution in [0, 0.1) is 13.8 Å². The molecule has 0 aromatic heterocycles. The van der Waals surface area contributed by atoms with Gasteiger partial charge < -0.3 is 5.73 Å². The lowest BCUT2D eigenvalue weighted by Gasteiger charge is -1.90. The molecule has 1 aromatic carbocycles. The zero-order valence-corrected chi connectivity index (χ0v) is 8.81. The summed E-state index contributed by atoms with van der Waals surface area (Å²) in [4.78, 5) is 0. The van der Waals surface area contributed by atoms with Gasteiger partial charge in [0, 0.05) is 0 Å². The average molecular weight is 186 g/mol. The number of thiol groups is 1. The second-order valence-corrected chi connectivity index (χ2v) is 2.15. The van der Waals surface area contributed by atoms with E-state index in [1.165, 1.54) is 18.2 Å². The SMILES string of the molecule is CN.Cc1ccc(C)cc1.NS. The van der Waals surface area contributed by atoms with E-state index in [2.05, 4.69) is 61.8 Å². The number of hydrogen-bond acceptors (Lipinski definition) is 3. The molecular formula is C9H18N2S. The Morgan fingerprint density at radius 2 is 1.00 bits per heavy atom. The van der Waals surface area contributed by atoms with Crippen LogP contribution in [0.2, 0.25) is 0 Å². The summed E-state index contributed by atoms with van der Waals surface area (Å²) in [6.45, 7) is 4.19. The van der Waals surface area contributed by atoms with Gasteiger partial charge in [0.25, 0.3) is 0 Å². The highest BCUT2D eigenvalue weighted by atomic mass is 32.1. The Kier molecular flexibility index (Phi) is 12.3. The van der Waals surface area contributed by atoms with Crippen LogP contribution in [0.1, 0.15) is 11.1 Å². The molecule has 1 aromatic rings. The number of nitrogens with two attached hydrogens (primary N) is 2. The molecule has 0 radical (unpaired) electrons. The van der Waals surface area contributed by atoms with Crippen molar-refractivity contribution >= 4 is 12.8 Å². The van der Waals surface area contributed by atoms with Crippen LogP contribution in [-0.4, -0.2) is 7.05 Å². The third kappa shape index (κ3) is 7.60. The highest BCUT2D eigenvalue weighted by Gasteiger charge is 1.79. The van der Waals surface area contributed by atoms with Gasteiger partial charge in [0.15, 0.2) is 0 Å². The largest absolute Gasteiger partial charge is 0.333 e. The van der Waals surface area contributed by atoms with Crippen molar-refractivity contribution in [3.63, 3.8) is 0 Å². The summed E-state index contributed by atoms with van der Waals surface area (Å²) in [6.07, 6.45) is 0. The zero-order chi connectivity index (χ0) is 9.98. The highest BCUT2D eigenvalue weighted by Crippen LogP contribution is 1.99. The number of hydrogen-bond donors (Lipinski definition) is 3. The van der Waals surface area contributed by atoms with Crippen molar-refractivity contribution < 1.29 is 0 Å². The molecule has 0 saturated heterocycles. The van der Waals surface area contributed by atoms with E-state index >= 15 is 0 Å². The van der Waals surface area contributed by atoms with Crippen LogP contribution >= 0.6 is 12.8 Å². The fraction of sp³-hybridized carbons (Fsp3) is 0.333. The number of aryl methyl sites for hydroxylation is 2. The van der Waals surface area contributed by atoms with E-state index in [4.69, 9.17) is 0 Å². The van der Waals surface area contributed by atoms with Gasteiger partial charge in [-0.2, -0.15) is 0 Å². The second-order valence-electron chi connectivity index (χ2n) is 2.15. The fourth-order valence-corrected chi connectivity index (χ4v) is 0.637. The van der Waals surface area contributed by atoms with Crippen LogP contribution < -0.4 is 10.9 Å². The molecule has 0 aliphatic heterocycles. The summed E-state index contributed by atoms with van der Waals surface area (Å²) < 4.78 is 0. The van der Waals surface area contributed by atoms with Crippen molar-refractivity contribution in [1.82, 2.24) is 0 Å². The molecule has 0 saturated carbocycles. The molecule has 0 heterocycles. The van der Waals surface area contributed by atoms with E-state index in [0.717, 1.165) is 0 Å². The van der Waals surface area contributed by atoms with Crippen LogP contribution in [0.4, 0.5) is 0 Å². The van der Waals surface area contributed by atoms with Gasteiger partial charge in [0.2, 0.25) is 0 Å². The van der Waals surface area contributed by atoms with Crippen molar-refractivity contribution in [2.24, 2.45) is 10.9 Å². The normalized spacial score (nSPS) is 7.17. The summed E-state index contributed by atoms with van der Waals surface area (Å²) in [6, 6.07) is 8.48. The summed E-state index contributed by atoms with van der Waals surface area (Å²) in [5, 5.41) is 4.19. The Morgan fingerprint density at radius 1 is 0.833 bits per heavy atom. The Morgan fingerprint density at radius 3 is 1.17 bits per heavy atom. The van der Waals surface area contributed by atoms with Crippen molar-refractivity contribution in [3.05, 3.63) is 35.4 Å². The van der Waals surface area contributed by atoms with Crippen molar-refractivity contribution in [1.29, 1.82) is 0 Å². The first kappa shape index (κ1) is 14.0. The van der Waals surface area contributed by atoms with Gasteiger partial charge >= 0.3 is 0 Å². The molecule has 0 atom stereocenters. The van der Waals surface area contributed by atoms with E-state index < -0.39 is 0 Å². The number of benzene rings is 1. The average Bonchev–Trinajstić information content (AvgIpc) is 2.17. The molecule has 0 spiro atoms. The lowest BCUT2D eigenvalue weighted by molar-refractivity contribution is 1.40. The lowest BCUT2D eigenvalue weighted by atomic mass is 10.2. The van der Waals surface area contributed by atoms with Crippen LogP contribution in [0.5, 0.6) is 0 Å². The molecule has 12 heavy (non-hydrogen) atoms. The minimum atomic E-state index is 1.33. The molecule has 70 valence electrons. The lowest BCUT2D eigenvalue weighted by Crippen LogP contribution is -1.70. The molecule has 0 aliphatic rings. The predicted molar refractivity (Wildman–Crippen MR) is 59.2 cm³/mol. The van der Waals surface area contributed by atoms with Crippen LogP contribution in [0.25, 0.3) is 0 Å². The Labute approximate surface area is 80.5 Å². The topological polar surface area (TPSA) is 52.0 Å². The first-order valence-electron chi connectivity index (χ1n) is 3.66. The van der Waals surface area contributed by atoms with Gasteiger partial charge in [-0.05, 0) is 20.9 Å². The van der Waals surface area contributed by atoms with Crippen LogP contribution in [0.3, 0.4) is 0 Å². The van der Waals surface area contributed by atoms with Gasteiger partial charge in [0.05, 0.1) is 0 Å². The van der Waals surface area contributed by atoms with Gasteiger partial charge in [-0.25, -0.2) is 0 Å². The Bertz CT molecular complexity index is 151. The molecule has 0 fully saturated rings. The van der Waals surface area contributed by atoms with Gasteiger partial charge in [-0.3, -0.25) is 5.14 Å². The highest BCUT2D eigenvalue weighted by molar-refractivity contribution is 7.77. The Balaban J connectivity index is 0. The number of rotatable bonds is 0. The third-order valence-corrected chi connectivity index (χ3v) is 1.22. The molecule has 0 amide bonds. The van der Waals surface area contributed by atoms with Gasteiger partial charge in [-0.15, -0.1) is 12.8 Å². The molecule has 3 heteroatoms. The Hall–Kier alpha value is -0.510. The monoisotopic (exact) mass is 186 g/mol. The standard InChI is InChI=1S/C8H10.CH5N.H3NS/c1-7-3-5-8(2)6-4-7;2*1-2/h3-6H,1-2H3;2H2,1H3;2H,1H2. The van der Waals surface area contributed by atoms with E-state index in [1.807, 2.05) is 0 Å². The van der Waals surface area contributed by atoms with E-state index in [0.29, 0.717) is 0 Å². The minimum Gasteiger partial charge on any atom is -0.333 e.